The molecular weight excluding hydrogens is 414 g/mol. The Kier molecular flexibility index (Phi) is 6.05. The highest BCUT2D eigenvalue weighted by Gasteiger charge is 2.36. The maximum Gasteiger partial charge on any atom is 0.290 e. The number of benzene rings is 2. The Morgan fingerprint density at radius 2 is 1.90 bits per heavy atom. The normalized spacial score (nSPS) is 17.7. The molecule has 164 valence electrons. The van der Waals surface area contributed by atoms with Gasteiger partial charge in [0.05, 0.1) is 18.1 Å². The van der Waals surface area contributed by atoms with E-state index in [1.165, 1.54) is 0 Å². The fourth-order valence-corrected chi connectivity index (χ4v) is 5.74. The zero-order valence-corrected chi connectivity index (χ0v) is 18.7. The van der Waals surface area contributed by atoms with Crippen molar-refractivity contribution < 1.29 is 22.4 Å². The van der Waals surface area contributed by atoms with Crippen LogP contribution in [0.5, 0.6) is 5.75 Å². The molecule has 6 nitrogen and oxygen atoms in total. The average Bonchev–Trinajstić information content (AvgIpc) is 3.30. The van der Waals surface area contributed by atoms with Crippen LogP contribution in [0.15, 0.2) is 52.9 Å². The molecule has 4 rings (SSSR count). The highest BCUT2D eigenvalue weighted by Crippen LogP contribution is 2.29. The number of ether oxygens (including phenoxy) is 1. The topological polar surface area (TPSA) is 76.8 Å². The van der Waals surface area contributed by atoms with E-state index in [1.54, 1.807) is 4.90 Å². The zero-order valence-electron chi connectivity index (χ0n) is 17.8. The summed E-state index contributed by atoms with van der Waals surface area (Å²) in [7, 11) is -3.14. The van der Waals surface area contributed by atoms with Crippen LogP contribution in [0.25, 0.3) is 11.0 Å². The molecule has 1 aromatic heterocycles. The predicted octanol–water partition coefficient (Wildman–Crippen LogP) is 4.36. The Hall–Kier alpha value is -2.80. The second kappa shape index (κ2) is 8.75. The van der Waals surface area contributed by atoms with E-state index >= 15 is 0 Å². The van der Waals surface area contributed by atoms with Crippen LogP contribution in [0.1, 0.15) is 41.4 Å². The molecule has 3 aromatic rings. The predicted molar refractivity (Wildman–Crippen MR) is 120 cm³/mol. The van der Waals surface area contributed by atoms with Crippen molar-refractivity contribution in [3.8, 4) is 5.75 Å². The highest BCUT2D eigenvalue weighted by molar-refractivity contribution is 7.91. The van der Waals surface area contributed by atoms with Crippen molar-refractivity contribution in [1.29, 1.82) is 0 Å². The quantitative estimate of drug-likeness (QED) is 0.544. The van der Waals surface area contributed by atoms with Crippen molar-refractivity contribution in [3.05, 3.63) is 65.4 Å². The molecule has 31 heavy (non-hydrogen) atoms. The second-order valence-corrected chi connectivity index (χ2v) is 10.3. The summed E-state index contributed by atoms with van der Waals surface area (Å²) < 4.78 is 35.8. The lowest BCUT2D eigenvalue weighted by atomic mass is 10.1. The summed E-state index contributed by atoms with van der Waals surface area (Å²) in [6, 6.07) is 14.7. The number of carbonyl (C=O) groups is 1. The first-order chi connectivity index (χ1) is 14.9. The number of rotatable bonds is 7. The van der Waals surface area contributed by atoms with Gasteiger partial charge >= 0.3 is 0 Å². The van der Waals surface area contributed by atoms with Gasteiger partial charge in [0.1, 0.15) is 11.3 Å². The highest BCUT2D eigenvalue weighted by atomic mass is 32.2. The summed E-state index contributed by atoms with van der Waals surface area (Å²) in [4.78, 5) is 15.2. The second-order valence-electron chi connectivity index (χ2n) is 8.03. The molecular formula is C24H27NO5S. The lowest BCUT2D eigenvalue weighted by Crippen LogP contribution is -2.40. The van der Waals surface area contributed by atoms with E-state index in [9.17, 15) is 13.2 Å². The third-order valence-corrected chi connectivity index (χ3v) is 7.45. The number of hydrogen-bond donors (Lipinski definition) is 0. The molecule has 0 radical (unpaired) electrons. The lowest BCUT2D eigenvalue weighted by Gasteiger charge is -2.28. The van der Waals surface area contributed by atoms with Crippen molar-refractivity contribution in [1.82, 2.24) is 4.90 Å². The maximum atomic E-state index is 13.6. The third-order valence-electron chi connectivity index (χ3n) is 5.70. The van der Waals surface area contributed by atoms with Gasteiger partial charge in [-0.25, -0.2) is 8.42 Å². The Morgan fingerprint density at radius 1 is 1.16 bits per heavy atom. The van der Waals surface area contributed by atoms with Crippen LogP contribution in [-0.4, -0.2) is 43.4 Å². The van der Waals surface area contributed by atoms with Crippen LogP contribution in [0, 0.1) is 6.92 Å². The van der Waals surface area contributed by atoms with E-state index in [0.717, 1.165) is 28.7 Å². The zero-order chi connectivity index (χ0) is 22.0. The lowest BCUT2D eigenvalue weighted by molar-refractivity contribution is 0.0649. The van der Waals surface area contributed by atoms with Gasteiger partial charge in [0.25, 0.3) is 5.91 Å². The standard InChI is InChI=1S/C24H27NO5S/c1-3-13-29-20-10-8-18(9-11-20)15-25(19-12-14-31(27,28)16-19)24(26)23-17(2)21-6-4-5-7-22(21)30-23/h4-11,19H,3,12-16H2,1-2H3. The van der Waals surface area contributed by atoms with Gasteiger partial charge in [-0.15, -0.1) is 0 Å². The summed E-state index contributed by atoms with van der Waals surface area (Å²) in [6.07, 6.45) is 1.36. The summed E-state index contributed by atoms with van der Waals surface area (Å²) in [5, 5.41) is 0.891. The molecule has 1 aliphatic heterocycles. The van der Waals surface area contributed by atoms with Gasteiger partial charge < -0.3 is 14.1 Å². The van der Waals surface area contributed by atoms with Gasteiger partial charge in [-0.1, -0.05) is 37.3 Å². The van der Waals surface area contributed by atoms with E-state index in [2.05, 4.69) is 0 Å². The van der Waals surface area contributed by atoms with Crippen LogP contribution in [-0.2, 0) is 16.4 Å². The number of hydrogen-bond acceptors (Lipinski definition) is 5. The van der Waals surface area contributed by atoms with E-state index < -0.39 is 9.84 Å². The SMILES string of the molecule is CCCOc1ccc(CN(C(=O)c2oc3ccccc3c2C)C2CCS(=O)(=O)C2)cc1. The summed E-state index contributed by atoms with van der Waals surface area (Å²) in [6.45, 7) is 4.87. The summed E-state index contributed by atoms with van der Waals surface area (Å²) >= 11 is 0. The third kappa shape index (κ3) is 4.61. The maximum absolute atomic E-state index is 13.6. The molecule has 1 aliphatic rings. The molecule has 0 aliphatic carbocycles. The molecule has 0 spiro atoms. The smallest absolute Gasteiger partial charge is 0.290 e. The van der Waals surface area contributed by atoms with E-state index in [-0.39, 0.29) is 29.2 Å². The van der Waals surface area contributed by atoms with Crippen LogP contribution in [0.2, 0.25) is 0 Å². The van der Waals surface area contributed by atoms with Crippen LogP contribution < -0.4 is 4.74 Å². The largest absolute Gasteiger partial charge is 0.494 e. The molecule has 0 N–H and O–H groups in total. The molecule has 2 aromatic carbocycles. The van der Waals surface area contributed by atoms with Gasteiger partial charge in [0, 0.05) is 23.5 Å². The number of sulfone groups is 1. The number of furan rings is 1. The Labute approximate surface area is 182 Å². The average molecular weight is 442 g/mol. The minimum Gasteiger partial charge on any atom is -0.494 e. The summed E-state index contributed by atoms with van der Waals surface area (Å²) in [5.74, 6) is 0.857. The molecule has 7 heteroatoms. The Morgan fingerprint density at radius 3 is 2.55 bits per heavy atom. The van der Waals surface area contributed by atoms with Gasteiger partial charge in [-0.3, -0.25) is 4.79 Å². The molecule has 1 fully saturated rings. The van der Waals surface area contributed by atoms with Crippen LogP contribution in [0.4, 0.5) is 0 Å². The number of nitrogens with zero attached hydrogens (tertiary/aromatic N) is 1. The van der Waals surface area contributed by atoms with Crippen LogP contribution in [0.3, 0.4) is 0 Å². The van der Waals surface area contributed by atoms with Gasteiger partial charge in [0.15, 0.2) is 15.6 Å². The number of aryl methyl sites for hydroxylation is 1. The molecule has 1 saturated heterocycles. The number of fused-ring (bicyclic) bond motifs is 1. The first kappa shape index (κ1) is 21.4. The Bertz CT molecular complexity index is 1180. The van der Waals surface area contributed by atoms with Gasteiger partial charge in [-0.05, 0) is 43.5 Å². The van der Waals surface area contributed by atoms with Gasteiger partial charge in [-0.2, -0.15) is 0 Å². The van der Waals surface area contributed by atoms with E-state index in [0.29, 0.717) is 25.2 Å². The Balaban J connectivity index is 1.64. The molecule has 1 unspecified atom stereocenters. The number of amides is 1. The minimum atomic E-state index is -3.14. The van der Waals surface area contributed by atoms with Crippen molar-refractivity contribution in [3.63, 3.8) is 0 Å². The van der Waals surface area contributed by atoms with Gasteiger partial charge in [0.2, 0.25) is 0 Å². The molecule has 0 bridgehead atoms. The number of para-hydroxylation sites is 1. The summed E-state index contributed by atoms with van der Waals surface area (Å²) in [5.41, 5.74) is 2.34. The monoisotopic (exact) mass is 441 g/mol. The van der Waals surface area contributed by atoms with E-state index in [4.69, 9.17) is 9.15 Å². The minimum absolute atomic E-state index is 0.0181. The van der Waals surface area contributed by atoms with Crippen molar-refractivity contribution >= 4 is 26.7 Å². The first-order valence-corrected chi connectivity index (χ1v) is 12.4. The number of carbonyl (C=O) groups excluding carboxylic acids is 1. The van der Waals surface area contributed by atoms with Crippen molar-refractivity contribution in [2.75, 3.05) is 18.1 Å². The van der Waals surface area contributed by atoms with E-state index in [1.807, 2.05) is 62.4 Å². The molecule has 1 atom stereocenters. The molecule has 0 saturated carbocycles. The fraction of sp³-hybridized carbons (Fsp3) is 0.375. The molecule has 1 amide bonds. The van der Waals surface area contributed by atoms with Crippen molar-refractivity contribution in [2.45, 2.75) is 39.3 Å². The first-order valence-electron chi connectivity index (χ1n) is 10.6. The fourth-order valence-electron chi connectivity index (χ4n) is 4.00. The molecule has 2 heterocycles. The van der Waals surface area contributed by atoms with Crippen molar-refractivity contribution in [2.24, 2.45) is 0 Å². The van der Waals surface area contributed by atoms with Crippen LogP contribution >= 0.6 is 0 Å².